The van der Waals surface area contributed by atoms with Crippen LogP contribution in [0.1, 0.15) is 27.7 Å². The van der Waals surface area contributed by atoms with Gasteiger partial charge in [-0.3, -0.25) is 0 Å². The van der Waals surface area contributed by atoms with Crippen LogP contribution in [0, 0.1) is 0 Å². The Morgan fingerprint density at radius 2 is 1.35 bits per heavy atom. The summed E-state index contributed by atoms with van der Waals surface area (Å²) in [7, 11) is -0.285. The van der Waals surface area contributed by atoms with E-state index in [1.54, 1.807) is 0 Å². The number of hydrogen-bond donors (Lipinski definition) is 0. The van der Waals surface area contributed by atoms with Gasteiger partial charge in [-0.2, -0.15) is 0 Å². The van der Waals surface area contributed by atoms with Gasteiger partial charge in [-0.25, -0.2) is 0 Å². The highest BCUT2D eigenvalue weighted by Crippen LogP contribution is 2.38. The Hall–Kier alpha value is -1.06. The highest BCUT2D eigenvalue weighted by Gasteiger charge is 2.51. The molecule has 0 saturated carbocycles. The van der Waals surface area contributed by atoms with Gasteiger partial charge in [-0.1, -0.05) is 42.5 Å². The van der Waals surface area contributed by atoms with Crippen LogP contribution in [0.4, 0.5) is 0 Å². The molecule has 1 fully saturated rings. The molecule has 0 N–H and O–H groups in total. The van der Waals surface area contributed by atoms with Crippen LogP contribution in [0.15, 0.2) is 48.0 Å². The van der Waals surface area contributed by atoms with Crippen LogP contribution in [0.3, 0.4) is 0 Å². The molecule has 0 amide bonds. The lowest BCUT2D eigenvalue weighted by molar-refractivity contribution is 0.00578. The Kier molecular flexibility index (Phi) is 3.15. The van der Waals surface area contributed by atoms with Crippen molar-refractivity contribution < 1.29 is 9.31 Å². The Morgan fingerprint density at radius 1 is 0.824 bits per heavy atom. The van der Waals surface area contributed by atoms with Crippen LogP contribution in [-0.4, -0.2) is 18.3 Å². The Labute approximate surface area is 104 Å². The molecule has 2 nitrogen and oxygen atoms in total. The third-order valence-electron chi connectivity index (χ3n) is 3.55. The molecule has 3 heteroatoms. The molecule has 0 aromatic carbocycles. The number of hydrogen-bond acceptors (Lipinski definition) is 2. The zero-order chi connectivity index (χ0) is 12.5. The molecule has 0 atom stereocenters. The van der Waals surface area contributed by atoms with Crippen molar-refractivity contribution in [2.45, 2.75) is 38.9 Å². The molecule has 0 bridgehead atoms. The third kappa shape index (κ3) is 2.45. The van der Waals surface area contributed by atoms with E-state index < -0.39 is 0 Å². The topological polar surface area (TPSA) is 18.5 Å². The summed E-state index contributed by atoms with van der Waals surface area (Å²) < 4.78 is 12.0. The summed E-state index contributed by atoms with van der Waals surface area (Å²) in [5, 5.41) is 0. The fourth-order valence-corrected chi connectivity index (χ4v) is 1.72. The largest absolute Gasteiger partial charge is 0.494 e. The van der Waals surface area contributed by atoms with E-state index in [4.69, 9.17) is 9.31 Å². The van der Waals surface area contributed by atoms with Crippen LogP contribution in [-0.2, 0) is 9.31 Å². The maximum Gasteiger partial charge on any atom is 0.494 e. The molecule has 90 valence electrons. The first-order chi connectivity index (χ1) is 7.92. The minimum absolute atomic E-state index is 0.283. The van der Waals surface area contributed by atoms with E-state index in [9.17, 15) is 0 Å². The number of allylic oxidation sites excluding steroid dienone is 8. The molecule has 0 radical (unpaired) electrons. The summed E-state index contributed by atoms with van der Waals surface area (Å²) >= 11 is 0. The Balaban J connectivity index is 2.21. The molecular formula is C14H19BO2. The molecule has 1 aliphatic heterocycles. The van der Waals surface area contributed by atoms with E-state index in [2.05, 4.69) is 27.7 Å². The predicted molar refractivity (Wildman–Crippen MR) is 71.6 cm³/mol. The third-order valence-corrected chi connectivity index (χ3v) is 3.55. The van der Waals surface area contributed by atoms with Gasteiger partial charge in [0.1, 0.15) is 0 Å². The van der Waals surface area contributed by atoms with Gasteiger partial charge in [0, 0.05) is 0 Å². The van der Waals surface area contributed by atoms with Gasteiger partial charge in [0.15, 0.2) is 0 Å². The first-order valence-corrected chi connectivity index (χ1v) is 6.00. The lowest BCUT2D eigenvalue weighted by atomic mass is 9.77. The molecule has 1 heterocycles. The predicted octanol–water partition coefficient (Wildman–Crippen LogP) is 3.23. The van der Waals surface area contributed by atoms with E-state index >= 15 is 0 Å². The second-order valence-electron chi connectivity index (χ2n) is 5.38. The van der Waals surface area contributed by atoms with E-state index in [1.165, 1.54) is 0 Å². The van der Waals surface area contributed by atoms with Gasteiger partial charge in [-0.05, 0) is 33.2 Å². The molecule has 1 saturated heterocycles. The normalized spacial score (nSPS) is 29.4. The SMILES string of the molecule is CC1(C)OB(C2=C/C=C\C=C/C=C2)OC1(C)C. The first kappa shape index (κ1) is 12.4. The van der Waals surface area contributed by atoms with Gasteiger partial charge < -0.3 is 9.31 Å². The molecule has 2 rings (SSSR count). The highest BCUT2D eigenvalue weighted by molar-refractivity contribution is 6.55. The molecule has 0 unspecified atom stereocenters. The highest BCUT2D eigenvalue weighted by atomic mass is 16.7. The molecular weight excluding hydrogens is 211 g/mol. The molecule has 0 spiro atoms. The van der Waals surface area contributed by atoms with E-state index in [-0.39, 0.29) is 18.3 Å². The summed E-state index contributed by atoms with van der Waals surface area (Å²) in [6.45, 7) is 8.26. The molecule has 0 aromatic heterocycles. The summed E-state index contributed by atoms with van der Waals surface area (Å²) in [4.78, 5) is 0. The standard InChI is InChI=1S/C14H19BO2/c1-13(2)14(3,4)17-15(16-13)12-10-8-6-5-7-9-11-12/h5-11H,1-4H3/b6-5-,7-5?,8-6?,9-7-,10-8?,11-9?,12-10?,12-11?. The Bertz CT molecular complexity index is 398. The van der Waals surface area contributed by atoms with E-state index in [1.807, 2.05) is 42.5 Å². The second-order valence-corrected chi connectivity index (χ2v) is 5.38. The quantitative estimate of drug-likeness (QED) is 0.644. The first-order valence-electron chi connectivity index (χ1n) is 6.00. The smallest absolute Gasteiger partial charge is 0.399 e. The van der Waals surface area contributed by atoms with Crippen LogP contribution in [0.2, 0.25) is 0 Å². The lowest BCUT2D eigenvalue weighted by Crippen LogP contribution is -2.41. The maximum atomic E-state index is 6.00. The van der Waals surface area contributed by atoms with Gasteiger partial charge in [0.05, 0.1) is 11.2 Å². The zero-order valence-corrected chi connectivity index (χ0v) is 10.9. The monoisotopic (exact) mass is 230 g/mol. The summed E-state index contributed by atoms with van der Waals surface area (Å²) in [5.74, 6) is 0. The molecule has 2 aliphatic rings. The van der Waals surface area contributed by atoms with Gasteiger partial charge in [-0.15, -0.1) is 0 Å². The van der Waals surface area contributed by atoms with E-state index in [0.29, 0.717) is 0 Å². The van der Waals surface area contributed by atoms with Crippen molar-refractivity contribution in [3.05, 3.63) is 48.0 Å². The van der Waals surface area contributed by atoms with Crippen molar-refractivity contribution in [1.29, 1.82) is 0 Å². The van der Waals surface area contributed by atoms with Crippen molar-refractivity contribution in [3.8, 4) is 0 Å². The van der Waals surface area contributed by atoms with Crippen molar-refractivity contribution >= 4 is 7.12 Å². The van der Waals surface area contributed by atoms with Crippen LogP contribution in [0.25, 0.3) is 0 Å². The minimum Gasteiger partial charge on any atom is -0.399 e. The van der Waals surface area contributed by atoms with Crippen LogP contribution in [0.5, 0.6) is 0 Å². The summed E-state index contributed by atoms with van der Waals surface area (Å²) in [5.41, 5.74) is 0.479. The summed E-state index contributed by atoms with van der Waals surface area (Å²) in [6.07, 6.45) is 14.0. The molecule has 0 aromatic rings. The average Bonchev–Trinajstić information content (AvgIpc) is 2.34. The van der Waals surface area contributed by atoms with Gasteiger partial charge in [0.2, 0.25) is 0 Å². The maximum absolute atomic E-state index is 6.00. The second kappa shape index (κ2) is 4.32. The zero-order valence-electron chi connectivity index (χ0n) is 10.9. The van der Waals surface area contributed by atoms with Crippen molar-refractivity contribution in [2.75, 3.05) is 0 Å². The van der Waals surface area contributed by atoms with Crippen molar-refractivity contribution in [3.63, 3.8) is 0 Å². The fraction of sp³-hybridized carbons (Fsp3) is 0.429. The average molecular weight is 230 g/mol. The minimum atomic E-state index is -0.285. The lowest BCUT2D eigenvalue weighted by Gasteiger charge is -2.32. The van der Waals surface area contributed by atoms with Gasteiger partial charge in [0.25, 0.3) is 0 Å². The van der Waals surface area contributed by atoms with Crippen molar-refractivity contribution in [2.24, 2.45) is 0 Å². The molecule has 17 heavy (non-hydrogen) atoms. The van der Waals surface area contributed by atoms with E-state index in [0.717, 1.165) is 5.47 Å². The fourth-order valence-electron chi connectivity index (χ4n) is 1.72. The Morgan fingerprint density at radius 3 is 2.00 bits per heavy atom. The number of rotatable bonds is 1. The summed E-state index contributed by atoms with van der Waals surface area (Å²) in [6, 6.07) is 0. The van der Waals surface area contributed by atoms with Crippen LogP contribution < -0.4 is 0 Å². The van der Waals surface area contributed by atoms with Crippen molar-refractivity contribution in [1.82, 2.24) is 0 Å². The van der Waals surface area contributed by atoms with Crippen LogP contribution >= 0.6 is 0 Å². The molecule has 1 aliphatic carbocycles. The van der Waals surface area contributed by atoms with Gasteiger partial charge >= 0.3 is 7.12 Å².